The van der Waals surface area contributed by atoms with Crippen molar-refractivity contribution in [3.05, 3.63) is 34.9 Å². The predicted octanol–water partition coefficient (Wildman–Crippen LogP) is 1.08. The Hall–Kier alpha value is -1.10. The summed E-state index contributed by atoms with van der Waals surface area (Å²) >= 11 is 5.76. The average molecular weight is 244 g/mol. The lowest BCUT2D eigenvalue weighted by molar-refractivity contribution is 0.0838. The summed E-state index contributed by atoms with van der Waals surface area (Å²) in [5, 5.41) is 11.7. The van der Waals surface area contributed by atoms with Crippen LogP contribution in [-0.4, -0.2) is 37.4 Å². The van der Waals surface area contributed by atoms with Gasteiger partial charge in [0, 0.05) is 17.1 Å². The summed E-state index contributed by atoms with van der Waals surface area (Å²) in [6.45, 7) is 1.06. The van der Waals surface area contributed by atoms with E-state index >= 15 is 0 Å². The van der Waals surface area contributed by atoms with Crippen LogP contribution in [0, 0.1) is 0 Å². The first kappa shape index (κ1) is 13.0. The smallest absolute Gasteiger partial charge is 0.251 e. The van der Waals surface area contributed by atoms with Crippen LogP contribution < -0.4 is 5.32 Å². The lowest BCUT2D eigenvalue weighted by Gasteiger charge is -2.05. The Kier molecular flexibility index (Phi) is 5.85. The molecule has 88 valence electrons. The summed E-state index contributed by atoms with van der Waals surface area (Å²) in [7, 11) is 0. The number of hydrogen-bond acceptors (Lipinski definition) is 3. The molecule has 0 fully saturated rings. The summed E-state index contributed by atoms with van der Waals surface area (Å²) < 4.78 is 5.00. The van der Waals surface area contributed by atoms with E-state index in [1.54, 1.807) is 24.3 Å². The summed E-state index contributed by atoms with van der Waals surface area (Å²) in [5.74, 6) is -0.185. The van der Waals surface area contributed by atoms with Crippen LogP contribution in [-0.2, 0) is 4.74 Å². The highest BCUT2D eigenvalue weighted by Gasteiger charge is 2.04. The third-order valence-electron chi connectivity index (χ3n) is 1.85. The number of hydrogen-bond donors (Lipinski definition) is 2. The second kappa shape index (κ2) is 7.22. The number of carbonyl (C=O) groups excluding carboxylic acids is 1. The topological polar surface area (TPSA) is 58.6 Å². The maximum atomic E-state index is 11.6. The normalized spacial score (nSPS) is 10.1. The first-order chi connectivity index (χ1) is 7.74. The van der Waals surface area contributed by atoms with Gasteiger partial charge in [-0.2, -0.15) is 0 Å². The Morgan fingerprint density at radius 1 is 1.44 bits per heavy atom. The van der Waals surface area contributed by atoms with Crippen molar-refractivity contribution < 1.29 is 14.6 Å². The number of amides is 1. The fourth-order valence-corrected chi connectivity index (χ4v) is 1.33. The van der Waals surface area contributed by atoms with E-state index in [0.717, 1.165) is 0 Å². The Balaban J connectivity index is 2.30. The molecule has 0 bridgehead atoms. The van der Waals surface area contributed by atoms with Crippen LogP contribution in [0.4, 0.5) is 0 Å². The molecule has 0 aromatic heterocycles. The molecule has 2 N–H and O–H groups in total. The van der Waals surface area contributed by atoms with Crippen molar-refractivity contribution in [3.63, 3.8) is 0 Å². The summed E-state index contributed by atoms with van der Waals surface area (Å²) in [6.07, 6.45) is 0. The molecule has 0 atom stereocenters. The SMILES string of the molecule is O=C(NCCOCCO)c1cccc(Cl)c1. The number of ether oxygens (including phenoxy) is 1. The minimum atomic E-state index is -0.185. The second-order valence-corrected chi connectivity index (χ2v) is 3.54. The first-order valence-corrected chi connectivity index (χ1v) is 5.34. The molecule has 0 aliphatic carbocycles. The van der Waals surface area contributed by atoms with Gasteiger partial charge in [0.05, 0.1) is 19.8 Å². The van der Waals surface area contributed by atoms with Gasteiger partial charge in [0.15, 0.2) is 0 Å². The Morgan fingerprint density at radius 3 is 2.94 bits per heavy atom. The molecule has 0 saturated carbocycles. The monoisotopic (exact) mass is 243 g/mol. The molecular weight excluding hydrogens is 230 g/mol. The number of halogens is 1. The summed E-state index contributed by atoms with van der Waals surface area (Å²) in [4.78, 5) is 11.6. The van der Waals surface area contributed by atoms with Gasteiger partial charge in [0.2, 0.25) is 0 Å². The van der Waals surface area contributed by atoms with Crippen molar-refractivity contribution in [2.45, 2.75) is 0 Å². The highest BCUT2D eigenvalue weighted by atomic mass is 35.5. The van der Waals surface area contributed by atoms with Crippen molar-refractivity contribution in [1.29, 1.82) is 0 Å². The van der Waals surface area contributed by atoms with Gasteiger partial charge in [-0.3, -0.25) is 4.79 Å². The molecule has 0 heterocycles. The standard InChI is InChI=1S/C11H14ClNO3/c12-10-3-1-2-9(8-10)11(15)13-4-6-16-7-5-14/h1-3,8,14H,4-7H2,(H,13,15). The number of carbonyl (C=O) groups is 1. The van der Waals surface area contributed by atoms with Crippen LogP contribution >= 0.6 is 11.6 Å². The molecule has 1 rings (SSSR count). The zero-order chi connectivity index (χ0) is 11.8. The zero-order valence-corrected chi connectivity index (χ0v) is 9.54. The van der Waals surface area contributed by atoms with E-state index in [1.165, 1.54) is 0 Å². The molecule has 1 aromatic carbocycles. The Bertz CT molecular complexity index is 344. The van der Waals surface area contributed by atoms with Crippen LogP contribution in [0.3, 0.4) is 0 Å². The van der Waals surface area contributed by atoms with Gasteiger partial charge >= 0.3 is 0 Å². The number of aliphatic hydroxyl groups excluding tert-OH is 1. The van der Waals surface area contributed by atoms with Gasteiger partial charge in [-0.1, -0.05) is 17.7 Å². The highest BCUT2D eigenvalue weighted by Crippen LogP contribution is 2.10. The van der Waals surface area contributed by atoms with Crippen molar-refractivity contribution in [2.24, 2.45) is 0 Å². The van der Waals surface area contributed by atoms with Crippen molar-refractivity contribution in [3.8, 4) is 0 Å². The van der Waals surface area contributed by atoms with E-state index in [2.05, 4.69) is 5.32 Å². The van der Waals surface area contributed by atoms with Crippen molar-refractivity contribution >= 4 is 17.5 Å². The van der Waals surface area contributed by atoms with Crippen LogP contribution in [0.15, 0.2) is 24.3 Å². The third kappa shape index (κ3) is 4.61. The van der Waals surface area contributed by atoms with Crippen molar-refractivity contribution in [2.75, 3.05) is 26.4 Å². The largest absolute Gasteiger partial charge is 0.394 e. The highest BCUT2D eigenvalue weighted by molar-refractivity contribution is 6.30. The second-order valence-electron chi connectivity index (χ2n) is 3.10. The number of rotatable bonds is 6. The van der Waals surface area contributed by atoms with Gasteiger partial charge in [0.1, 0.15) is 0 Å². The lowest BCUT2D eigenvalue weighted by atomic mass is 10.2. The van der Waals surface area contributed by atoms with Crippen LogP contribution in [0.5, 0.6) is 0 Å². The molecule has 4 nitrogen and oxygen atoms in total. The molecule has 0 saturated heterocycles. The molecule has 1 amide bonds. The number of benzene rings is 1. The van der Waals surface area contributed by atoms with Crippen LogP contribution in [0.25, 0.3) is 0 Å². The van der Waals surface area contributed by atoms with E-state index in [4.69, 9.17) is 21.4 Å². The van der Waals surface area contributed by atoms with Gasteiger partial charge in [-0.15, -0.1) is 0 Å². The molecule has 0 radical (unpaired) electrons. The van der Waals surface area contributed by atoms with E-state index < -0.39 is 0 Å². The number of aliphatic hydroxyl groups is 1. The minimum absolute atomic E-state index is 0.0117. The van der Waals surface area contributed by atoms with Gasteiger partial charge in [-0.05, 0) is 18.2 Å². The molecular formula is C11H14ClNO3. The fraction of sp³-hybridized carbons (Fsp3) is 0.364. The van der Waals surface area contributed by atoms with E-state index in [9.17, 15) is 4.79 Å². The zero-order valence-electron chi connectivity index (χ0n) is 8.78. The summed E-state index contributed by atoms with van der Waals surface area (Å²) in [5.41, 5.74) is 0.523. The van der Waals surface area contributed by atoms with Gasteiger partial charge < -0.3 is 15.2 Å². The molecule has 0 spiro atoms. The quantitative estimate of drug-likeness (QED) is 0.735. The molecule has 1 aromatic rings. The van der Waals surface area contributed by atoms with Crippen molar-refractivity contribution in [1.82, 2.24) is 5.32 Å². The fourth-order valence-electron chi connectivity index (χ4n) is 1.14. The third-order valence-corrected chi connectivity index (χ3v) is 2.09. The summed E-state index contributed by atoms with van der Waals surface area (Å²) in [6, 6.07) is 6.73. The molecule has 5 heteroatoms. The van der Waals surface area contributed by atoms with Crippen LogP contribution in [0.1, 0.15) is 10.4 Å². The average Bonchev–Trinajstić information content (AvgIpc) is 2.28. The Morgan fingerprint density at radius 2 is 2.25 bits per heavy atom. The maximum absolute atomic E-state index is 11.6. The molecule has 16 heavy (non-hydrogen) atoms. The molecule has 0 aliphatic heterocycles. The lowest BCUT2D eigenvalue weighted by Crippen LogP contribution is -2.27. The molecule has 0 unspecified atom stereocenters. The maximum Gasteiger partial charge on any atom is 0.251 e. The van der Waals surface area contributed by atoms with E-state index in [1.807, 2.05) is 0 Å². The minimum Gasteiger partial charge on any atom is -0.394 e. The first-order valence-electron chi connectivity index (χ1n) is 4.96. The predicted molar refractivity (Wildman–Crippen MR) is 61.7 cm³/mol. The van der Waals surface area contributed by atoms with Gasteiger partial charge in [0.25, 0.3) is 5.91 Å². The molecule has 0 aliphatic rings. The Labute approximate surface area is 99.2 Å². The number of nitrogens with one attached hydrogen (secondary N) is 1. The van der Waals surface area contributed by atoms with E-state index in [0.29, 0.717) is 23.7 Å². The van der Waals surface area contributed by atoms with Crippen LogP contribution in [0.2, 0.25) is 5.02 Å². The van der Waals surface area contributed by atoms with Gasteiger partial charge in [-0.25, -0.2) is 0 Å². The van der Waals surface area contributed by atoms with E-state index in [-0.39, 0.29) is 19.1 Å².